The molecule has 0 saturated carbocycles. The average Bonchev–Trinajstić information content (AvgIpc) is 2.36. The molecule has 0 aliphatic rings. The third-order valence-corrected chi connectivity index (χ3v) is 3.45. The van der Waals surface area contributed by atoms with Gasteiger partial charge in [-0.15, -0.1) is 0 Å². The lowest BCUT2D eigenvalue weighted by Gasteiger charge is -2.04. The Morgan fingerprint density at radius 1 is 0.895 bits per heavy atom. The minimum Gasteiger partial charge on any atom is -0.463 e. The maximum Gasteiger partial charge on any atom is 0.305 e. The van der Waals surface area contributed by atoms with E-state index in [2.05, 4.69) is 0 Å². The number of unbranched alkanes of at least 4 members (excludes halogenated alkanes) is 6. The molecule has 19 heavy (non-hydrogen) atoms. The molecule has 0 heterocycles. The first-order chi connectivity index (χ1) is 9.16. The van der Waals surface area contributed by atoms with Crippen LogP contribution in [0, 0.1) is 0 Å². The lowest BCUT2D eigenvalue weighted by Crippen LogP contribution is -2.09. The molecule has 0 N–H and O–H groups in total. The van der Waals surface area contributed by atoms with Crippen LogP contribution in [0.1, 0.15) is 51.4 Å². The van der Waals surface area contributed by atoms with Crippen LogP contribution in [-0.4, -0.2) is 40.5 Å². The van der Waals surface area contributed by atoms with Crippen LogP contribution in [0.4, 0.5) is 0 Å². The molecule has 0 aromatic rings. The Morgan fingerprint density at radius 2 is 1.47 bits per heavy atom. The Morgan fingerprint density at radius 3 is 2.05 bits per heavy atom. The van der Waals surface area contributed by atoms with E-state index in [0.29, 0.717) is 25.4 Å². The Kier molecular flexibility index (Phi) is 13.4. The zero-order chi connectivity index (χ0) is 14.3. The topological polar surface area (TPSA) is 69.7 Å². The molecule has 0 unspecified atom stereocenters. The highest BCUT2D eigenvalue weighted by Gasteiger charge is 2.01. The van der Waals surface area contributed by atoms with Crippen molar-refractivity contribution in [2.45, 2.75) is 51.4 Å². The fraction of sp³-hybridized carbons (Fsp3) is 0.923. The number of methoxy groups -OCH3 is 1. The monoisotopic (exact) mass is 294 g/mol. The van der Waals surface area contributed by atoms with E-state index in [-0.39, 0.29) is 5.97 Å². The fourth-order valence-corrected chi connectivity index (χ4v) is 2.19. The molecule has 0 rings (SSSR count). The number of esters is 1. The summed E-state index contributed by atoms with van der Waals surface area (Å²) < 4.78 is 30.4. The highest BCUT2D eigenvalue weighted by atomic mass is 32.2. The largest absolute Gasteiger partial charge is 0.463 e. The summed E-state index contributed by atoms with van der Waals surface area (Å²) in [6.45, 7) is 0.776. The van der Waals surface area contributed by atoms with Gasteiger partial charge in [-0.25, -0.2) is 8.42 Å². The number of carbonyl (C=O) groups is 1. The Labute approximate surface area is 117 Å². The summed E-state index contributed by atoms with van der Waals surface area (Å²) in [6, 6.07) is 0. The number of hydrogen-bond donors (Lipinski definition) is 1. The van der Waals surface area contributed by atoms with E-state index in [0.717, 1.165) is 44.9 Å². The second kappa shape index (κ2) is 13.8. The van der Waals surface area contributed by atoms with E-state index in [1.165, 1.54) is 0 Å². The van der Waals surface area contributed by atoms with Gasteiger partial charge in [0.1, 0.15) is 17.3 Å². The van der Waals surface area contributed by atoms with Gasteiger partial charge in [-0.1, -0.05) is 32.1 Å². The predicted octanol–water partition coefficient (Wildman–Crippen LogP) is 1.91. The standard InChI is InChI=1S/C13H26O5S/c1-17-10-11-18-13(14)9-7-5-3-2-4-6-8-12-19(15)16/h19H,2-12H2,1H3. The van der Waals surface area contributed by atoms with Gasteiger partial charge in [0.05, 0.1) is 6.61 Å². The van der Waals surface area contributed by atoms with Crippen LogP contribution >= 0.6 is 0 Å². The Hall–Kier alpha value is -0.620. The molecule has 114 valence electrons. The minimum absolute atomic E-state index is 0.156. The first kappa shape index (κ1) is 18.4. The Balaban J connectivity index is 3.15. The third-order valence-electron chi connectivity index (χ3n) is 2.77. The molecular formula is C13H26O5S. The van der Waals surface area contributed by atoms with Crippen LogP contribution in [0.25, 0.3) is 0 Å². The summed E-state index contributed by atoms with van der Waals surface area (Å²) >= 11 is 0. The maximum atomic E-state index is 11.2. The average molecular weight is 294 g/mol. The second-order valence-corrected chi connectivity index (χ2v) is 5.61. The smallest absolute Gasteiger partial charge is 0.305 e. The number of hydrogen-bond acceptors (Lipinski definition) is 5. The van der Waals surface area contributed by atoms with E-state index in [1.807, 2.05) is 0 Å². The Bertz CT molecular complexity index is 281. The lowest BCUT2D eigenvalue weighted by atomic mass is 10.1. The van der Waals surface area contributed by atoms with Crippen molar-refractivity contribution in [3.05, 3.63) is 0 Å². The van der Waals surface area contributed by atoms with Crippen LogP contribution in [0.5, 0.6) is 0 Å². The minimum atomic E-state index is -2.21. The van der Waals surface area contributed by atoms with E-state index < -0.39 is 10.7 Å². The van der Waals surface area contributed by atoms with Gasteiger partial charge in [-0.2, -0.15) is 0 Å². The molecule has 5 nitrogen and oxygen atoms in total. The quantitative estimate of drug-likeness (QED) is 0.319. The van der Waals surface area contributed by atoms with Crippen molar-refractivity contribution in [2.24, 2.45) is 0 Å². The SMILES string of the molecule is COCCOC(=O)CCCCCCCCC[SH](=O)=O. The first-order valence-corrected chi connectivity index (χ1v) is 8.29. The predicted molar refractivity (Wildman–Crippen MR) is 75.0 cm³/mol. The summed E-state index contributed by atoms with van der Waals surface area (Å²) in [7, 11) is -0.632. The van der Waals surface area contributed by atoms with E-state index in [9.17, 15) is 13.2 Å². The van der Waals surface area contributed by atoms with Gasteiger partial charge in [0.15, 0.2) is 0 Å². The summed E-state index contributed by atoms with van der Waals surface area (Å²) in [4.78, 5) is 11.2. The van der Waals surface area contributed by atoms with Crippen molar-refractivity contribution in [1.29, 1.82) is 0 Å². The zero-order valence-corrected chi connectivity index (χ0v) is 12.7. The van der Waals surface area contributed by atoms with Crippen molar-refractivity contribution in [3.8, 4) is 0 Å². The van der Waals surface area contributed by atoms with Crippen LogP contribution in [-0.2, 0) is 25.0 Å². The third kappa shape index (κ3) is 15.3. The molecule has 0 spiro atoms. The van der Waals surface area contributed by atoms with Crippen molar-refractivity contribution in [1.82, 2.24) is 0 Å². The highest BCUT2D eigenvalue weighted by molar-refractivity contribution is 7.72. The molecule has 0 amide bonds. The van der Waals surface area contributed by atoms with Gasteiger partial charge in [-0.3, -0.25) is 4.79 Å². The second-order valence-electron chi connectivity index (χ2n) is 4.49. The summed E-state index contributed by atoms with van der Waals surface area (Å²) in [5, 5.41) is 0. The number of rotatable bonds is 13. The molecule has 0 saturated heterocycles. The van der Waals surface area contributed by atoms with Crippen molar-refractivity contribution in [2.75, 3.05) is 26.1 Å². The summed E-state index contributed by atoms with van der Waals surface area (Å²) in [5.74, 6) is 0.152. The molecule has 0 radical (unpaired) electrons. The van der Waals surface area contributed by atoms with Crippen LogP contribution in [0.2, 0.25) is 0 Å². The van der Waals surface area contributed by atoms with Crippen molar-refractivity contribution >= 4 is 16.7 Å². The van der Waals surface area contributed by atoms with Gasteiger partial charge in [0, 0.05) is 19.3 Å². The van der Waals surface area contributed by atoms with Gasteiger partial charge in [0.2, 0.25) is 0 Å². The van der Waals surface area contributed by atoms with Crippen LogP contribution in [0.15, 0.2) is 0 Å². The van der Waals surface area contributed by atoms with Crippen molar-refractivity contribution in [3.63, 3.8) is 0 Å². The van der Waals surface area contributed by atoms with Crippen molar-refractivity contribution < 1.29 is 22.7 Å². The van der Waals surface area contributed by atoms with Crippen LogP contribution in [0.3, 0.4) is 0 Å². The maximum absolute atomic E-state index is 11.2. The van der Waals surface area contributed by atoms with E-state index in [4.69, 9.17) is 9.47 Å². The zero-order valence-electron chi connectivity index (χ0n) is 11.8. The molecule has 0 aromatic heterocycles. The molecule has 0 fully saturated rings. The fourth-order valence-electron chi connectivity index (χ4n) is 1.71. The van der Waals surface area contributed by atoms with Gasteiger partial charge < -0.3 is 9.47 Å². The summed E-state index contributed by atoms with van der Waals surface area (Å²) in [5.41, 5.74) is 0. The molecule has 0 bridgehead atoms. The normalized spacial score (nSPS) is 10.8. The molecular weight excluding hydrogens is 268 g/mol. The number of ether oxygens (including phenoxy) is 2. The molecule has 0 aliphatic carbocycles. The van der Waals surface area contributed by atoms with E-state index in [1.54, 1.807) is 7.11 Å². The van der Waals surface area contributed by atoms with Gasteiger partial charge in [0.25, 0.3) is 0 Å². The van der Waals surface area contributed by atoms with E-state index >= 15 is 0 Å². The highest BCUT2D eigenvalue weighted by Crippen LogP contribution is 2.09. The van der Waals surface area contributed by atoms with Gasteiger partial charge >= 0.3 is 5.97 Å². The lowest BCUT2D eigenvalue weighted by molar-refractivity contribution is -0.145. The van der Waals surface area contributed by atoms with Gasteiger partial charge in [-0.05, 0) is 12.8 Å². The first-order valence-electron chi connectivity index (χ1n) is 6.93. The molecule has 0 aromatic carbocycles. The van der Waals surface area contributed by atoms with Crippen LogP contribution < -0.4 is 0 Å². The molecule has 0 aliphatic heterocycles. The summed E-state index contributed by atoms with van der Waals surface area (Å²) in [6.07, 6.45) is 7.37. The number of thiol groups is 1. The molecule has 0 atom stereocenters. The molecule has 6 heteroatoms. The number of carbonyl (C=O) groups excluding carboxylic acids is 1.